The van der Waals surface area contributed by atoms with Crippen LogP contribution in [-0.2, 0) is 0 Å². The summed E-state index contributed by atoms with van der Waals surface area (Å²) < 4.78 is 2.45. The molecule has 7 rings (SSSR count). The molecule has 0 atom stereocenters. The van der Waals surface area contributed by atoms with Crippen LogP contribution in [0.25, 0.3) is 49.3 Å². The van der Waals surface area contributed by atoms with Gasteiger partial charge in [-0.2, -0.15) is 0 Å². The molecular weight excluding hydrogens is 388 g/mol. The molecule has 0 N–H and O–H groups in total. The maximum atomic E-state index is 2.47. The van der Waals surface area contributed by atoms with Crippen molar-refractivity contribution in [2.75, 3.05) is 11.4 Å². The first-order chi connectivity index (χ1) is 15.8. The highest BCUT2D eigenvalue weighted by atomic mass is 15.3. The molecule has 2 nitrogen and oxygen atoms in total. The topological polar surface area (TPSA) is 8.17 Å². The van der Waals surface area contributed by atoms with E-state index in [0.717, 1.165) is 6.54 Å². The van der Waals surface area contributed by atoms with E-state index in [0.29, 0.717) is 0 Å². The summed E-state index contributed by atoms with van der Waals surface area (Å²) in [6.45, 7) is 3.14. The number of hydrogen-bond acceptors (Lipinski definition) is 1. The number of rotatable bonds is 1. The minimum atomic E-state index is 0.896. The van der Waals surface area contributed by atoms with Gasteiger partial charge in [-0.15, -0.1) is 0 Å². The Morgan fingerprint density at radius 1 is 0.594 bits per heavy atom. The molecule has 1 aliphatic heterocycles. The summed E-state index contributed by atoms with van der Waals surface area (Å²) in [5, 5.41) is 6.47. The van der Waals surface area contributed by atoms with E-state index in [1.165, 1.54) is 60.8 Å². The predicted molar refractivity (Wildman–Crippen MR) is 136 cm³/mol. The molecule has 1 aromatic heterocycles. The zero-order chi connectivity index (χ0) is 21.2. The molecule has 6 aromatic rings. The summed E-state index contributed by atoms with van der Waals surface area (Å²) in [5.74, 6) is 1.22. The lowest BCUT2D eigenvalue weighted by Gasteiger charge is -2.24. The molecule has 0 radical (unpaired) electrons. The number of benzene rings is 5. The monoisotopic (exact) mass is 410 g/mol. The van der Waals surface area contributed by atoms with Crippen molar-refractivity contribution in [1.29, 1.82) is 0 Å². The van der Waals surface area contributed by atoms with Gasteiger partial charge in [-0.1, -0.05) is 78.9 Å². The highest BCUT2D eigenvalue weighted by molar-refractivity contribution is 6.12. The molecule has 0 amide bonds. The first kappa shape index (κ1) is 17.6. The zero-order valence-corrected chi connectivity index (χ0v) is 17.9. The molecule has 1 aliphatic rings. The van der Waals surface area contributed by atoms with Gasteiger partial charge < -0.3 is 4.90 Å². The van der Waals surface area contributed by atoms with Crippen LogP contribution in [0.4, 0.5) is 11.5 Å². The largest absolute Gasteiger partial charge is 0.327 e. The SMILES string of the molecule is CCN1c2ccc3ccccc3c2-c2ccccc2-n2c1cc1c3ccccc3ccc12. The summed E-state index contributed by atoms with van der Waals surface area (Å²) in [6.07, 6.45) is 0. The highest BCUT2D eigenvalue weighted by Crippen LogP contribution is 2.48. The van der Waals surface area contributed by atoms with E-state index in [1.807, 2.05) is 0 Å². The smallest absolute Gasteiger partial charge is 0.118 e. The van der Waals surface area contributed by atoms with Crippen LogP contribution < -0.4 is 4.90 Å². The summed E-state index contributed by atoms with van der Waals surface area (Å²) >= 11 is 0. The van der Waals surface area contributed by atoms with Crippen molar-refractivity contribution in [2.45, 2.75) is 6.92 Å². The van der Waals surface area contributed by atoms with Gasteiger partial charge in [-0.25, -0.2) is 0 Å². The molecule has 0 fully saturated rings. The normalized spacial score (nSPS) is 12.6. The Hall–Kier alpha value is -4.04. The average molecular weight is 411 g/mol. The van der Waals surface area contributed by atoms with Gasteiger partial charge in [0.2, 0.25) is 0 Å². The van der Waals surface area contributed by atoms with Gasteiger partial charge in [0.25, 0.3) is 0 Å². The number of para-hydroxylation sites is 1. The van der Waals surface area contributed by atoms with Crippen molar-refractivity contribution in [3.63, 3.8) is 0 Å². The molecule has 2 heterocycles. The Bertz CT molecular complexity index is 1670. The molecule has 32 heavy (non-hydrogen) atoms. The lowest BCUT2D eigenvalue weighted by atomic mass is 9.94. The molecule has 0 spiro atoms. The van der Waals surface area contributed by atoms with Crippen molar-refractivity contribution < 1.29 is 0 Å². The van der Waals surface area contributed by atoms with Gasteiger partial charge in [0.1, 0.15) is 5.82 Å². The minimum absolute atomic E-state index is 0.896. The second-order valence-corrected chi connectivity index (χ2v) is 8.50. The lowest BCUT2D eigenvalue weighted by Crippen LogP contribution is -2.18. The van der Waals surface area contributed by atoms with Gasteiger partial charge in [0.15, 0.2) is 0 Å². The van der Waals surface area contributed by atoms with E-state index < -0.39 is 0 Å². The summed E-state index contributed by atoms with van der Waals surface area (Å²) in [6, 6.07) is 37.7. The number of fused-ring (bicyclic) bond motifs is 11. The maximum Gasteiger partial charge on any atom is 0.118 e. The third-order valence-corrected chi connectivity index (χ3v) is 6.90. The first-order valence-electron chi connectivity index (χ1n) is 11.3. The van der Waals surface area contributed by atoms with Crippen LogP contribution in [-0.4, -0.2) is 11.1 Å². The van der Waals surface area contributed by atoms with Crippen molar-refractivity contribution in [1.82, 2.24) is 4.57 Å². The Labute approximate surface area is 186 Å². The molecule has 0 aliphatic carbocycles. The van der Waals surface area contributed by atoms with Crippen LogP contribution in [0.1, 0.15) is 6.92 Å². The molecule has 0 unspecified atom stereocenters. The molecule has 0 saturated heterocycles. The minimum Gasteiger partial charge on any atom is -0.327 e. The van der Waals surface area contributed by atoms with Gasteiger partial charge in [-0.3, -0.25) is 4.57 Å². The molecule has 2 heteroatoms. The Kier molecular flexibility index (Phi) is 3.57. The highest BCUT2D eigenvalue weighted by Gasteiger charge is 2.27. The molecule has 0 saturated carbocycles. The fraction of sp³-hybridized carbons (Fsp3) is 0.0667. The molecular formula is C30H22N2. The van der Waals surface area contributed by atoms with Crippen LogP contribution >= 0.6 is 0 Å². The molecule has 152 valence electrons. The van der Waals surface area contributed by atoms with Crippen molar-refractivity contribution in [2.24, 2.45) is 0 Å². The van der Waals surface area contributed by atoms with E-state index >= 15 is 0 Å². The third-order valence-electron chi connectivity index (χ3n) is 6.90. The lowest BCUT2D eigenvalue weighted by molar-refractivity contribution is 0.969. The number of aromatic nitrogens is 1. The van der Waals surface area contributed by atoms with E-state index in [-0.39, 0.29) is 0 Å². The van der Waals surface area contributed by atoms with E-state index in [2.05, 4.69) is 120 Å². The van der Waals surface area contributed by atoms with E-state index in [1.54, 1.807) is 0 Å². The zero-order valence-electron chi connectivity index (χ0n) is 17.9. The Morgan fingerprint density at radius 3 is 2.12 bits per heavy atom. The van der Waals surface area contributed by atoms with Crippen LogP contribution in [0.5, 0.6) is 0 Å². The quantitative estimate of drug-likeness (QED) is 0.266. The summed E-state index contributed by atoms with van der Waals surface area (Å²) in [5.41, 5.74) is 6.35. The standard InChI is InChI=1S/C30H22N2/c1-2-31-28-18-16-21-10-4-6-12-23(21)30(28)24-13-7-8-14-26(24)32-27-17-15-20-9-3-5-11-22(20)25(27)19-29(31)32/h3-19H,2H2,1H3. The summed E-state index contributed by atoms with van der Waals surface area (Å²) in [7, 11) is 0. The van der Waals surface area contributed by atoms with Crippen LogP contribution in [0, 0.1) is 0 Å². The van der Waals surface area contributed by atoms with Crippen molar-refractivity contribution in [3.8, 4) is 16.8 Å². The second kappa shape index (κ2) is 6.48. The second-order valence-electron chi connectivity index (χ2n) is 8.50. The molecule has 0 bridgehead atoms. The summed E-state index contributed by atoms with van der Waals surface area (Å²) in [4.78, 5) is 2.47. The van der Waals surface area contributed by atoms with E-state index in [9.17, 15) is 0 Å². The van der Waals surface area contributed by atoms with Crippen LogP contribution in [0.2, 0.25) is 0 Å². The predicted octanol–water partition coefficient (Wildman–Crippen LogP) is 8.08. The van der Waals surface area contributed by atoms with Gasteiger partial charge >= 0.3 is 0 Å². The van der Waals surface area contributed by atoms with Gasteiger partial charge in [-0.05, 0) is 52.7 Å². The van der Waals surface area contributed by atoms with Crippen molar-refractivity contribution >= 4 is 44.0 Å². The number of nitrogens with zero attached hydrogens (tertiary/aromatic N) is 2. The fourth-order valence-electron chi connectivity index (χ4n) is 5.50. The maximum absolute atomic E-state index is 2.47. The van der Waals surface area contributed by atoms with Gasteiger partial charge in [0, 0.05) is 23.1 Å². The fourth-order valence-corrected chi connectivity index (χ4v) is 5.50. The first-order valence-corrected chi connectivity index (χ1v) is 11.3. The number of hydrogen-bond donors (Lipinski definition) is 0. The molecule has 5 aromatic carbocycles. The van der Waals surface area contributed by atoms with Crippen LogP contribution in [0.3, 0.4) is 0 Å². The third kappa shape index (κ3) is 2.24. The Morgan fingerprint density at radius 2 is 1.28 bits per heavy atom. The Balaban J connectivity index is 1.68. The van der Waals surface area contributed by atoms with Crippen LogP contribution in [0.15, 0.2) is 103 Å². The average Bonchev–Trinajstić information content (AvgIpc) is 3.18. The van der Waals surface area contributed by atoms with E-state index in [4.69, 9.17) is 0 Å². The van der Waals surface area contributed by atoms with Crippen molar-refractivity contribution in [3.05, 3.63) is 103 Å². The number of anilines is 2. The van der Waals surface area contributed by atoms with Gasteiger partial charge in [0.05, 0.1) is 16.9 Å².